The van der Waals surface area contributed by atoms with Gasteiger partial charge in [0, 0.05) is 25.3 Å². The van der Waals surface area contributed by atoms with Gasteiger partial charge in [0.05, 0.1) is 23.9 Å². The number of aromatic amines is 1. The van der Waals surface area contributed by atoms with E-state index >= 15 is 0 Å². The number of carbonyl (C=O) groups is 1. The number of nitrogens with zero attached hydrogens (tertiary/aromatic N) is 2. The van der Waals surface area contributed by atoms with Crippen LogP contribution in [-0.2, 0) is 11.3 Å². The Balaban J connectivity index is 1.49. The molecule has 2 heterocycles. The fourth-order valence-corrected chi connectivity index (χ4v) is 3.69. The lowest BCUT2D eigenvalue weighted by atomic mass is 10.2. The summed E-state index contributed by atoms with van der Waals surface area (Å²) in [5.74, 6) is 0.267. The fraction of sp³-hybridized carbons (Fsp3) is 0.238. The molecule has 0 bridgehead atoms. The minimum Gasteiger partial charge on any atom is -0.508 e. The summed E-state index contributed by atoms with van der Waals surface area (Å²) < 4.78 is 5.39. The molecule has 1 aliphatic rings. The average Bonchev–Trinajstić information content (AvgIpc) is 3.17. The molecule has 1 amide bonds. The van der Waals surface area contributed by atoms with Gasteiger partial charge in [-0.2, -0.15) is 5.10 Å². The SMILES string of the molecule is NC(=O)c1c(Nc2ccc(N3CCOCC3)c(Cl)c2)n[nH]c1NCc1ccc(O)cc1. The second-order valence-corrected chi connectivity index (χ2v) is 7.50. The molecule has 0 saturated carbocycles. The van der Waals surface area contributed by atoms with Crippen LogP contribution in [0.2, 0.25) is 5.02 Å². The summed E-state index contributed by atoms with van der Waals surface area (Å²) in [6.45, 7) is 3.33. The van der Waals surface area contributed by atoms with Crippen molar-refractivity contribution in [2.75, 3.05) is 41.8 Å². The van der Waals surface area contributed by atoms with E-state index in [0.29, 0.717) is 42.1 Å². The summed E-state index contributed by atoms with van der Waals surface area (Å²) in [7, 11) is 0. The molecule has 1 aromatic heterocycles. The summed E-state index contributed by atoms with van der Waals surface area (Å²) in [6, 6.07) is 12.3. The smallest absolute Gasteiger partial charge is 0.256 e. The molecule has 2 aromatic carbocycles. The van der Waals surface area contributed by atoms with E-state index in [1.807, 2.05) is 12.1 Å². The Morgan fingerprint density at radius 2 is 1.97 bits per heavy atom. The van der Waals surface area contributed by atoms with Crippen LogP contribution in [0.4, 0.5) is 23.0 Å². The van der Waals surface area contributed by atoms with E-state index in [1.165, 1.54) is 0 Å². The molecule has 0 unspecified atom stereocenters. The standard InChI is InChI=1S/C21H23ClN6O3/c22-16-11-14(3-6-17(16)28-7-9-31-10-8-28)25-21-18(19(23)30)20(26-27-21)24-12-13-1-4-15(29)5-2-13/h1-6,11,29H,7-10,12H2,(H2,23,30)(H3,24,25,26,27). The van der Waals surface area contributed by atoms with Gasteiger partial charge >= 0.3 is 0 Å². The number of H-pyrrole nitrogens is 1. The molecule has 6 N–H and O–H groups in total. The van der Waals surface area contributed by atoms with E-state index in [0.717, 1.165) is 24.3 Å². The minimum atomic E-state index is -0.625. The first-order chi connectivity index (χ1) is 15.0. The number of nitrogens with one attached hydrogen (secondary N) is 3. The van der Waals surface area contributed by atoms with Gasteiger partial charge in [-0.05, 0) is 35.9 Å². The highest BCUT2D eigenvalue weighted by molar-refractivity contribution is 6.33. The number of anilines is 4. The monoisotopic (exact) mass is 442 g/mol. The van der Waals surface area contributed by atoms with Crippen LogP contribution in [0.25, 0.3) is 0 Å². The minimum absolute atomic E-state index is 0.188. The highest BCUT2D eigenvalue weighted by Gasteiger charge is 2.20. The first-order valence-corrected chi connectivity index (χ1v) is 10.2. The summed E-state index contributed by atoms with van der Waals surface area (Å²) >= 11 is 6.49. The van der Waals surface area contributed by atoms with Gasteiger partial charge in [-0.15, -0.1) is 0 Å². The maximum atomic E-state index is 12.1. The average molecular weight is 443 g/mol. The van der Waals surface area contributed by atoms with Crippen LogP contribution in [-0.4, -0.2) is 47.5 Å². The van der Waals surface area contributed by atoms with Gasteiger partial charge in [0.2, 0.25) is 0 Å². The number of hydrogen-bond donors (Lipinski definition) is 5. The lowest BCUT2D eigenvalue weighted by Gasteiger charge is -2.29. The van der Waals surface area contributed by atoms with Crippen LogP contribution in [0, 0.1) is 0 Å². The van der Waals surface area contributed by atoms with Crippen molar-refractivity contribution in [2.24, 2.45) is 5.73 Å². The van der Waals surface area contributed by atoms with Gasteiger partial charge in [0.15, 0.2) is 5.82 Å². The summed E-state index contributed by atoms with van der Waals surface area (Å²) in [5.41, 5.74) is 8.35. The fourth-order valence-electron chi connectivity index (χ4n) is 3.39. The molecule has 10 heteroatoms. The van der Waals surface area contributed by atoms with E-state index in [1.54, 1.807) is 30.3 Å². The second-order valence-electron chi connectivity index (χ2n) is 7.10. The Kier molecular flexibility index (Phi) is 6.15. The molecule has 0 aliphatic carbocycles. The number of rotatable bonds is 7. The van der Waals surface area contributed by atoms with Crippen molar-refractivity contribution >= 4 is 40.5 Å². The maximum absolute atomic E-state index is 12.1. The Bertz CT molecular complexity index is 1060. The summed E-state index contributed by atoms with van der Waals surface area (Å²) in [4.78, 5) is 14.3. The van der Waals surface area contributed by atoms with Crippen molar-refractivity contribution in [1.29, 1.82) is 0 Å². The molecule has 1 fully saturated rings. The number of halogens is 1. The van der Waals surface area contributed by atoms with Crippen LogP contribution in [0.5, 0.6) is 5.75 Å². The number of phenols is 1. The lowest BCUT2D eigenvalue weighted by Crippen LogP contribution is -2.36. The van der Waals surface area contributed by atoms with Crippen LogP contribution < -0.4 is 21.3 Å². The number of ether oxygens (including phenoxy) is 1. The maximum Gasteiger partial charge on any atom is 0.256 e. The normalized spacial score (nSPS) is 13.8. The highest BCUT2D eigenvalue weighted by atomic mass is 35.5. The lowest BCUT2D eigenvalue weighted by molar-refractivity contribution is 0.100. The van der Waals surface area contributed by atoms with Crippen molar-refractivity contribution in [1.82, 2.24) is 10.2 Å². The highest BCUT2D eigenvalue weighted by Crippen LogP contribution is 2.32. The molecule has 1 saturated heterocycles. The van der Waals surface area contributed by atoms with Gasteiger partial charge in [0.25, 0.3) is 5.91 Å². The van der Waals surface area contributed by atoms with Crippen LogP contribution in [0.3, 0.4) is 0 Å². The topological polar surface area (TPSA) is 129 Å². The third-order valence-corrected chi connectivity index (χ3v) is 5.28. The number of aromatic hydroxyl groups is 1. The first-order valence-electron chi connectivity index (χ1n) is 9.80. The molecule has 9 nitrogen and oxygen atoms in total. The number of primary amides is 1. The number of benzene rings is 2. The third kappa shape index (κ3) is 4.84. The van der Waals surface area contributed by atoms with E-state index in [9.17, 15) is 9.90 Å². The molecular weight excluding hydrogens is 420 g/mol. The molecule has 162 valence electrons. The molecular formula is C21H23ClN6O3. The van der Waals surface area contributed by atoms with E-state index in [2.05, 4.69) is 25.7 Å². The summed E-state index contributed by atoms with van der Waals surface area (Å²) in [5, 5.41) is 23.2. The molecule has 31 heavy (non-hydrogen) atoms. The van der Waals surface area contributed by atoms with Gasteiger partial charge in [-0.25, -0.2) is 0 Å². The van der Waals surface area contributed by atoms with Crippen molar-refractivity contribution in [3.63, 3.8) is 0 Å². The van der Waals surface area contributed by atoms with Crippen molar-refractivity contribution < 1.29 is 14.6 Å². The van der Waals surface area contributed by atoms with Gasteiger partial charge in [0.1, 0.15) is 17.1 Å². The largest absolute Gasteiger partial charge is 0.508 e. The van der Waals surface area contributed by atoms with Crippen molar-refractivity contribution in [3.8, 4) is 5.75 Å². The van der Waals surface area contributed by atoms with Crippen LogP contribution >= 0.6 is 11.6 Å². The molecule has 1 aliphatic heterocycles. The number of morpholine rings is 1. The van der Waals surface area contributed by atoms with E-state index in [4.69, 9.17) is 22.1 Å². The zero-order chi connectivity index (χ0) is 21.8. The number of carbonyl (C=O) groups excluding carboxylic acids is 1. The predicted molar refractivity (Wildman–Crippen MR) is 120 cm³/mol. The molecule has 0 spiro atoms. The first kappa shape index (κ1) is 20.8. The Morgan fingerprint density at radius 1 is 1.23 bits per heavy atom. The zero-order valence-corrected chi connectivity index (χ0v) is 17.4. The summed E-state index contributed by atoms with van der Waals surface area (Å²) in [6.07, 6.45) is 0. The second kappa shape index (κ2) is 9.15. The number of phenolic OH excluding ortho intramolecular Hbond substituents is 1. The number of amides is 1. The van der Waals surface area contributed by atoms with E-state index < -0.39 is 5.91 Å². The Hall–Kier alpha value is -3.43. The predicted octanol–water partition coefficient (Wildman–Crippen LogP) is 3.06. The molecule has 3 aromatic rings. The Morgan fingerprint density at radius 3 is 2.65 bits per heavy atom. The van der Waals surface area contributed by atoms with Crippen LogP contribution in [0.15, 0.2) is 42.5 Å². The van der Waals surface area contributed by atoms with Gasteiger partial charge in [-0.3, -0.25) is 9.89 Å². The number of nitrogens with two attached hydrogens (primary N) is 1. The molecule has 0 radical (unpaired) electrons. The quantitative estimate of drug-likeness (QED) is 0.380. The number of hydrogen-bond acceptors (Lipinski definition) is 7. The van der Waals surface area contributed by atoms with Gasteiger partial charge < -0.3 is 31.1 Å². The van der Waals surface area contributed by atoms with Crippen molar-refractivity contribution in [3.05, 3.63) is 58.6 Å². The van der Waals surface area contributed by atoms with Gasteiger partial charge in [-0.1, -0.05) is 23.7 Å². The molecule has 0 atom stereocenters. The third-order valence-electron chi connectivity index (χ3n) is 4.98. The van der Waals surface area contributed by atoms with E-state index in [-0.39, 0.29) is 11.3 Å². The van der Waals surface area contributed by atoms with Crippen LogP contribution in [0.1, 0.15) is 15.9 Å². The number of aromatic nitrogens is 2. The molecule has 4 rings (SSSR count). The van der Waals surface area contributed by atoms with Crippen molar-refractivity contribution in [2.45, 2.75) is 6.54 Å². The zero-order valence-electron chi connectivity index (χ0n) is 16.7. The Labute approximate surface area is 184 Å².